The highest BCUT2D eigenvalue weighted by Crippen LogP contribution is 2.49. The van der Waals surface area contributed by atoms with E-state index < -0.39 is 11.9 Å². The van der Waals surface area contributed by atoms with Crippen molar-refractivity contribution in [1.29, 1.82) is 0 Å². The van der Waals surface area contributed by atoms with Crippen LogP contribution in [0.1, 0.15) is 42.7 Å². The minimum absolute atomic E-state index is 0.00972. The summed E-state index contributed by atoms with van der Waals surface area (Å²) in [5.41, 5.74) is 4.25. The Bertz CT molecular complexity index is 1500. The number of nitrogens with one attached hydrogen (secondary N) is 1. The van der Waals surface area contributed by atoms with E-state index in [-0.39, 0.29) is 24.9 Å². The molecule has 0 bridgehead atoms. The predicted molar refractivity (Wildman–Crippen MR) is 159 cm³/mol. The van der Waals surface area contributed by atoms with Crippen molar-refractivity contribution in [2.24, 2.45) is 0 Å². The monoisotopic (exact) mass is 617 g/mol. The fourth-order valence-corrected chi connectivity index (χ4v) is 6.11. The number of esters is 1. The van der Waals surface area contributed by atoms with E-state index in [1.807, 2.05) is 61.5 Å². The van der Waals surface area contributed by atoms with E-state index in [1.54, 1.807) is 20.3 Å². The molecule has 5 rings (SSSR count). The van der Waals surface area contributed by atoms with E-state index in [2.05, 4.69) is 33.4 Å². The lowest BCUT2D eigenvalue weighted by atomic mass is 9.71. The molecule has 7 nitrogen and oxygen atoms in total. The summed E-state index contributed by atoms with van der Waals surface area (Å²) >= 11 is 3.67. The maximum Gasteiger partial charge on any atom is 0.336 e. The van der Waals surface area contributed by atoms with Gasteiger partial charge in [-0.3, -0.25) is 4.79 Å². The minimum atomic E-state index is -0.660. The molecule has 1 N–H and O–H groups in total. The van der Waals surface area contributed by atoms with Crippen molar-refractivity contribution in [2.45, 2.75) is 31.6 Å². The molecule has 0 amide bonds. The second kappa shape index (κ2) is 12.6. The number of hydrogen-bond donors (Lipinski definition) is 1. The Morgan fingerprint density at radius 2 is 1.59 bits per heavy atom. The zero-order valence-electron chi connectivity index (χ0n) is 23.2. The van der Waals surface area contributed by atoms with Crippen LogP contribution in [0.3, 0.4) is 0 Å². The van der Waals surface area contributed by atoms with E-state index in [4.69, 9.17) is 18.9 Å². The Kier molecular flexibility index (Phi) is 8.78. The first-order valence-electron chi connectivity index (χ1n) is 13.5. The number of carbonyl (C=O) groups excluding carboxylic acids is 2. The van der Waals surface area contributed by atoms with Crippen LogP contribution in [0.4, 0.5) is 0 Å². The second-order valence-electron chi connectivity index (χ2n) is 9.95. The van der Waals surface area contributed by atoms with Crippen molar-refractivity contribution in [3.05, 3.63) is 111 Å². The van der Waals surface area contributed by atoms with E-state index in [0.29, 0.717) is 51.4 Å². The number of dihydropyridines is 1. The Labute approximate surface area is 248 Å². The summed E-state index contributed by atoms with van der Waals surface area (Å²) < 4.78 is 23.2. The maximum atomic E-state index is 13.9. The fraction of sp³-hybridized carbons (Fsp3) is 0.273. The molecule has 0 unspecified atom stereocenters. The first-order chi connectivity index (χ1) is 19.9. The first kappa shape index (κ1) is 28.5. The van der Waals surface area contributed by atoms with Crippen LogP contribution in [0.2, 0.25) is 0 Å². The Hall–Kier alpha value is -4.04. The van der Waals surface area contributed by atoms with Gasteiger partial charge in [-0.05, 0) is 54.7 Å². The van der Waals surface area contributed by atoms with Gasteiger partial charge < -0.3 is 24.3 Å². The lowest BCUT2D eigenvalue weighted by Gasteiger charge is -2.37. The summed E-state index contributed by atoms with van der Waals surface area (Å²) in [5.74, 6) is 0.591. The number of Topliss-reactive ketones (excluding diaryl/α,β-unsaturated/α-hetero) is 1. The molecule has 41 heavy (non-hydrogen) atoms. The standard InChI is InChI=1S/C33H32BrNO6/c1-20-30(33(37)41-15-14-40-23-12-8-5-9-13-23)31(24-18-28(38-2)29(39-3)19-25(24)34)32-26(35-20)16-22(17-27(32)36)21-10-6-4-7-11-21/h4-13,18-19,22,31,35H,14-17H2,1-3H3/t22-,31-/m0/s1. The number of ether oxygens (including phenoxy) is 4. The molecule has 0 radical (unpaired) electrons. The van der Waals surface area contributed by atoms with E-state index >= 15 is 0 Å². The SMILES string of the molecule is COc1cc(Br)c([C@H]2C(C(=O)OCCOc3ccccc3)=C(C)NC3=C2C(=O)C[C@@H](c2ccccc2)C3)cc1OC. The molecule has 212 valence electrons. The molecule has 1 aliphatic heterocycles. The third-order valence-electron chi connectivity index (χ3n) is 7.46. The Morgan fingerprint density at radius 1 is 0.927 bits per heavy atom. The highest BCUT2D eigenvalue weighted by molar-refractivity contribution is 9.10. The number of methoxy groups -OCH3 is 2. The quantitative estimate of drug-likeness (QED) is 0.218. The molecular weight excluding hydrogens is 586 g/mol. The summed E-state index contributed by atoms with van der Waals surface area (Å²) in [4.78, 5) is 27.6. The summed E-state index contributed by atoms with van der Waals surface area (Å²) in [5, 5.41) is 3.40. The van der Waals surface area contributed by atoms with Gasteiger partial charge in [-0.1, -0.05) is 64.5 Å². The van der Waals surface area contributed by atoms with Crippen molar-refractivity contribution in [3.8, 4) is 17.2 Å². The van der Waals surface area contributed by atoms with Crippen molar-refractivity contribution in [3.63, 3.8) is 0 Å². The topological polar surface area (TPSA) is 83.1 Å². The van der Waals surface area contributed by atoms with Crippen molar-refractivity contribution in [1.82, 2.24) is 5.32 Å². The Balaban J connectivity index is 1.50. The van der Waals surface area contributed by atoms with Gasteiger partial charge in [0.25, 0.3) is 0 Å². The molecule has 0 saturated heterocycles. The van der Waals surface area contributed by atoms with Gasteiger partial charge >= 0.3 is 5.97 Å². The molecule has 0 aromatic heterocycles. The van der Waals surface area contributed by atoms with Gasteiger partial charge in [-0.15, -0.1) is 0 Å². The first-order valence-corrected chi connectivity index (χ1v) is 14.3. The predicted octanol–water partition coefficient (Wildman–Crippen LogP) is 6.45. The summed E-state index contributed by atoms with van der Waals surface area (Å²) in [6.45, 7) is 2.10. The number of allylic oxidation sites excluding steroid dienone is 3. The van der Waals surface area contributed by atoms with Gasteiger partial charge in [0.15, 0.2) is 17.3 Å². The van der Waals surface area contributed by atoms with E-state index in [9.17, 15) is 9.59 Å². The van der Waals surface area contributed by atoms with Crippen LogP contribution in [0.25, 0.3) is 0 Å². The van der Waals surface area contributed by atoms with Crippen LogP contribution in [0.5, 0.6) is 17.2 Å². The van der Waals surface area contributed by atoms with Gasteiger partial charge in [-0.2, -0.15) is 0 Å². The molecule has 1 aliphatic carbocycles. The number of ketones is 1. The second-order valence-corrected chi connectivity index (χ2v) is 10.8. The number of halogens is 1. The molecule has 0 fully saturated rings. The van der Waals surface area contributed by atoms with Gasteiger partial charge in [0.1, 0.15) is 19.0 Å². The fourth-order valence-electron chi connectivity index (χ4n) is 5.56. The largest absolute Gasteiger partial charge is 0.493 e. The molecule has 8 heteroatoms. The normalized spacial score (nSPS) is 18.4. The minimum Gasteiger partial charge on any atom is -0.493 e. The summed E-state index contributed by atoms with van der Waals surface area (Å²) in [6.07, 6.45) is 0.995. The number of rotatable bonds is 9. The van der Waals surface area contributed by atoms with Crippen LogP contribution in [-0.2, 0) is 14.3 Å². The summed E-state index contributed by atoms with van der Waals surface area (Å²) in [6, 6.07) is 23.0. The molecule has 3 aromatic rings. The highest BCUT2D eigenvalue weighted by atomic mass is 79.9. The highest BCUT2D eigenvalue weighted by Gasteiger charge is 2.42. The molecule has 2 aliphatic rings. The van der Waals surface area contributed by atoms with Crippen molar-refractivity contribution in [2.75, 3.05) is 27.4 Å². The van der Waals surface area contributed by atoms with Gasteiger partial charge in [0.05, 0.1) is 19.8 Å². The summed E-state index contributed by atoms with van der Waals surface area (Å²) in [7, 11) is 3.12. The molecule has 0 saturated carbocycles. The van der Waals surface area contributed by atoms with Gasteiger partial charge in [0.2, 0.25) is 0 Å². The van der Waals surface area contributed by atoms with Crippen LogP contribution in [0.15, 0.2) is 99.8 Å². The van der Waals surface area contributed by atoms with E-state index in [1.165, 1.54) is 0 Å². The molecule has 1 heterocycles. The molecule has 0 spiro atoms. The zero-order chi connectivity index (χ0) is 28.9. The number of benzene rings is 3. The lowest BCUT2D eigenvalue weighted by Crippen LogP contribution is -2.36. The smallest absolute Gasteiger partial charge is 0.336 e. The van der Waals surface area contributed by atoms with E-state index in [0.717, 1.165) is 16.8 Å². The third kappa shape index (κ3) is 6.03. The molecular formula is C33H32BrNO6. The molecule has 3 aromatic carbocycles. The van der Waals surface area contributed by atoms with Crippen molar-refractivity contribution >= 4 is 27.7 Å². The van der Waals surface area contributed by atoms with Gasteiger partial charge in [0, 0.05) is 33.8 Å². The average molecular weight is 619 g/mol. The lowest BCUT2D eigenvalue weighted by molar-refractivity contribution is -0.140. The molecule has 2 atom stereocenters. The maximum absolute atomic E-state index is 13.9. The zero-order valence-corrected chi connectivity index (χ0v) is 24.8. The van der Waals surface area contributed by atoms with Crippen LogP contribution < -0.4 is 19.5 Å². The number of hydrogen-bond acceptors (Lipinski definition) is 7. The Morgan fingerprint density at radius 3 is 2.27 bits per heavy atom. The van der Waals surface area contributed by atoms with Crippen LogP contribution >= 0.6 is 15.9 Å². The number of para-hydroxylation sites is 1. The third-order valence-corrected chi connectivity index (χ3v) is 8.15. The number of carbonyl (C=O) groups is 2. The van der Waals surface area contributed by atoms with Gasteiger partial charge in [-0.25, -0.2) is 4.79 Å². The van der Waals surface area contributed by atoms with Crippen LogP contribution in [-0.4, -0.2) is 39.2 Å². The van der Waals surface area contributed by atoms with Crippen LogP contribution in [0, 0.1) is 0 Å². The van der Waals surface area contributed by atoms with Crippen molar-refractivity contribution < 1.29 is 28.5 Å². The average Bonchev–Trinajstić information content (AvgIpc) is 2.99.